The molecule has 16 heavy (non-hydrogen) atoms. The predicted molar refractivity (Wildman–Crippen MR) is 63.0 cm³/mol. The molecule has 1 rings (SSSR count). The number of halogens is 1. The standard InChI is InChI=1S/C13H18FNO/c1-10-6-7-12(14)11(9-10)13(16)5-3-2-4-8-15/h6-7,9H,2-5,8,15H2,1H3. The molecule has 0 saturated heterocycles. The molecule has 0 aliphatic heterocycles. The van der Waals surface area contributed by atoms with Crippen LogP contribution < -0.4 is 5.73 Å². The topological polar surface area (TPSA) is 43.1 Å². The summed E-state index contributed by atoms with van der Waals surface area (Å²) in [6.45, 7) is 2.50. The van der Waals surface area contributed by atoms with Gasteiger partial charge in [0.2, 0.25) is 0 Å². The minimum atomic E-state index is -0.422. The molecular formula is C13H18FNO. The summed E-state index contributed by atoms with van der Waals surface area (Å²) in [4.78, 5) is 11.7. The molecule has 1 aromatic carbocycles. The van der Waals surface area contributed by atoms with Crippen LogP contribution in [0.5, 0.6) is 0 Å². The SMILES string of the molecule is Cc1ccc(F)c(C(=O)CCCCCN)c1. The van der Waals surface area contributed by atoms with Gasteiger partial charge in [-0.3, -0.25) is 4.79 Å². The Morgan fingerprint density at radius 1 is 1.31 bits per heavy atom. The lowest BCUT2D eigenvalue weighted by molar-refractivity contribution is 0.0975. The Labute approximate surface area is 95.7 Å². The first-order valence-corrected chi connectivity index (χ1v) is 5.64. The quantitative estimate of drug-likeness (QED) is 0.595. The number of ketones is 1. The maximum Gasteiger partial charge on any atom is 0.165 e. The molecule has 2 nitrogen and oxygen atoms in total. The third-order valence-corrected chi connectivity index (χ3v) is 2.53. The number of carbonyl (C=O) groups is 1. The molecule has 0 bridgehead atoms. The van der Waals surface area contributed by atoms with Crippen molar-refractivity contribution in [2.45, 2.75) is 32.6 Å². The van der Waals surface area contributed by atoms with E-state index in [1.54, 1.807) is 12.1 Å². The van der Waals surface area contributed by atoms with E-state index in [9.17, 15) is 9.18 Å². The molecule has 3 heteroatoms. The summed E-state index contributed by atoms with van der Waals surface area (Å²) >= 11 is 0. The summed E-state index contributed by atoms with van der Waals surface area (Å²) in [5.74, 6) is -0.535. The molecule has 0 aliphatic carbocycles. The summed E-state index contributed by atoms with van der Waals surface area (Å²) in [5.41, 5.74) is 6.48. The molecule has 0 amide bonds. The van der Waals surface area contributed by atoms with Crippen LogP contribution in [-0.2, 0) is 0 Å². The van der Waals surface area contributed by atoms with Gasteiger partial charge in [0.25, 0.3) is 0 Å². The number of rotatable bonds is 6. The van der Waals surface area contributed by atoms with Crippen molar-refractivity contribution in [1.29, 1.82) is 0 Å². The molecule has 0 heterocycles. The first-order valence-electron chi connectivity index (χ1n) is 5.64. The van der Waals surface area contributed by atoms with Gasteiger partial charge in [-0.05, 0) is 38.4 Å². The van der Waals surface area contributed by atoms with E-state index >= 15 is 0 Å². The second-order valence-electron chi connectivity index (χ2n) is 4.01. The van der Waals surface area contributed by atoms with Gasteiger partial charge in [0.15, 0.2) is 5.78 Å². The lowest BCUT2D eigenvalue weighted by Crippen LogP contribution is -2.04. The van der Waals surface area contributed by atoms with Crippen molar-refractivity contribution in [3.63, 3.8) is 0 Å². The van der Waals surface area contributed by atoms with Gasteiger partial charge in [0.05, 0.1) is 5.56 Å². The molecule has 0 spiro atoms. The molecule has 88 valence electrons. The van der Waals surface area contributed by atoms with Gasteiger partial charge in [-0.1, -0.05) is 18.1 Å². The Balaban J connectivity index is 2.55. The Morgan fingerprint density at radius 3 is 2.75 bits per heavy atom. The normalized spacial score (nSPS) is 10.4. The Hall–Kier alpha value is -1.22. The smallest absolute Gasteiger partial charge is 0.165 e. The van der Waals surface area contributed by atoms with Crippen molar-refractivity contribution in [2.24, 2.45) is 5.73 Å². The predicted octanol–water partition coefficient (Wildman–Crippen LogP) is 2.84. The van der Waals surface area contributed by atoms with E-state index in [0.717, 1.165) is 24.8 Å². The van der Waals surface area contributed by atoms with Gasteiger partial charge in [-0.25, -0.2) is 4.39 Å². The fourth-order valence-electron chi connectivity index (χ4n) is 1.59. The summed E-state index contributed by atoms with van der Waals surface area (Å²) in [6, 6.07) is 4.63. The molecular weight excluding hydrogens is 205 g/mol. The Bertz CT molecular complexity index is 363. The fraction of sp³-hybridized carbons (Fsp3) is 0.462. The average molecular weight is 223 g/mol. The minimum Gasteiger partial charge on any atom is -0.330 e. The van der Waals surface area contributed by atoms with Gasteiger partial charge >= 0.3 is 0 Å². The second-order valence-corrected chi connectivity index (χ2v) is 4.01. The number of aryl methyl sites for hydroxylation is 1. The maximum absolute atomic E-state index is 13.4. The monoisotopic (exact) mass is 223 g/mol. The molecule has 0 aromatic heterocycles. The van der Waals surface area contributed by atoms with Crippen LogP contribution in [0, 0.1) is 12.7 Å². The number of hydrogen-bond donors (Lipinski definition) is 1. The van der Waals surface area contributed by atoms with E-state index in [1.165, 1.54) is 6.07 Å². The zero-order chi connectivity index (χ0) is 12.0. The summed E-state index contributed by atoms with van der Waals surface area (Å²) in [5, 5.41) is 0. The van der Waals surface area contributed by atoms with Gasteiger partial charge in [-0.2, -0.15) is 0 Å². The van der Waals surface area contributed by atoms with Crippen LogP contribution >= 0.6 is 0 Å². The van der Waals surface area contributed by atoms with Gasteiger partial charge < -0.3 is 5.73 Å². The number of carbonyl (C=O) groups excluding carboxylic acids is 1. The van der Waals surface area contributed by atoms with Crippen LogP contribution in [0.25, 0.3) is 0 Å². The molecule has 2 N–H and O–H groups in total. The van der Waals surface area contributed by atoms with Gasteiger partial charge in [0, 0.05) is 6.42 Å². The third-order valence-electron chi connectivity index (χ3n) is 2.53. The largest absolute Gasteiger partial charge is 0.330 e. The number of Topliss-reactive ketones (excluding diaryl/α,β-unsaturated/α-hetero) is 1. The highest BCUT2D eigenvalue weighted by Gasteiger charge is 2.10. The molecule has 0 atom stereocenters. The van der Waals surface area contributed by atoms with Crippen molar-refractivity contribution in [3.05, 3.63) is 35.1 Å². The molecule has 0 saturated carbocycles. The minimum absolute atomic E-state index is 0.113. The lowest BCUT2D eigenvalue weighted by atomic mass is 10.0. The zero-order valence-electron chi connectivity index (χ0n) is 9.63. The third kappa shape index (κ3) is 3.74. The zero-order valence-corrected chi connectivity index (χ0v) is 9.63. The van der Waals surface area contributed by atoms with Crippen molar-refractivity contribution < 1.29 is 9.18 Å². The number of unbranched alkanes of at least 4 members (excludes halogenated alkanes) is 2. The first kappa shape index (κ1) is 12.8. The molecule has 0 radical (unpaired) electrons. The number of benzene rings is 1. The number of hydrogen-bond acceptors (Lipinski definition) is 2. The number of nitrogens with two attached hydrogens (primary N) is 1. The van der Waals surface area contributed by atoms with Crippen molar-refractivity contribution in [1.82, 2.24) is 0 Å². The Kier molecular flexibility index (Phi) is 5.12. The average Bonchev–Trinajstić information content (AvgIpc) is 2.27. The van der Waals surface area contributed by atoms with Crippen LogP contribution in [0.3, 0.4) is 0 Å². The van der Waals surface area contributed by atoms with Crippen LogP contribution in [-0.4, -0.2) is 12.3 Å². The second kappa shape index (κ2) is 6.38. The van der Waals surface area contributed by atoms with E-state index in [4.69, 9.17) is 5.73 Å². The van der Waals surface area contributed by atoms with Crippen molar-refractivity contribution >= 4 is 5.78 Å². The van der Waals surface area contributed by atoms with Crippen LogP contribution in [0.2, 0.25) is 0 Å². The lowest BCUT2D eigenvalue weighted by Gasteiger charge is -2.03. The highest BCUT2D eigenvalue weighted by Crippen LogP contribution is 2.14. The van der Waals surface area contributed by atoms with Crippen LogP contribution in [0.15, 0.2) is 18.2 Å². The fourth-order valence-corrected chi connectivity index (χ4v) is 1.59. The molecule has 0 fully saturated rings. The Morgan fingerprint density at radius 2 is 2.06 bits per heavy atom. The van der Waals surface area contributed by atoms with E-state index in [0.29, 0.717) is 13.0 Å². The van der Waals surface area contributed by atoms with E-state index in [2.05, 4.69) is 0 Å². The van der Waals surface area contributed by atoms with Crippen LogP contribution in [0.4, 0.5) is 4.39 Å². The summed E-state index contributed by atoms with van der Waals surface area (Å²) in [6.07, 6.45) is 3.03. The summed E-state index contributed by atoms with van der Waals surface area (Å²) in [7, 11) is 0. The van der Waals surface area contributed by atoms with E-state index < -0.39 is 5.82 Å². The molecule has 0 aliphatic rings. The van der Waals surface area contributed by atoms with E-state index in [1.807, 2.05) is 6.92 Å². The highest BCUT2D eigenvalue weighted by molar-refractivity contribution is 5.96. The van der Waals surface area contributed by atoms with E-state index in [-0.39, 0.29) is 11.3 Å². The maximum atomic E-state index is 13.4. The summed E-state index contributed by atoms with van der Waals surface area (Å²) < 4.78 is 13.4. The van der Waals surface area contributed by atoms with Crippen molar-refractivity contribution in [2.75, 3.05) is 6.54 Å². The molecule has 0 unspecified atom stereocenters. The van der Waals surface area contributed by atoms with Crippen LogP contribution in [0.1, 0.15) is 41.6 Å². The van der Waals surface area contributed by atoms with Gasteiger partial charge in [-0.15, -0.1) is 0 Å². The van der Waals surface area contributed by atoms with Crippen molar-refractivity contribution in [3.8, 4) is 0 Å². The molecule has 1 aromatic rings. The highest BCUT2D eigenvalue weighted by atomic mass is 19.1. The van der Waals surface area contributed by atoms with Gasteiger partial charge in [0.1, 0.15) is 5.82 Å². The first-order chi connectivity index (χ1) is 7.65.